The van der Waals surface area contributed by atoms with E-state index in [1.807, 2.05) is 47.2 Å². The van der Waals surface area contributed by atoms with Gasteiger partial charge in [0.25, 0.3) is 5.91 Å². The minimum Gasteiger partial charge on any atom is -0.347 e. The first-order valence-corrected chi connectivity index (χ1v) is 11.5. The third kappa shape index (κ3) is 4.93. The normalized spacial score (nSPS) is 11.2. The lowest BCUT2D eigenvalue weighted by Crippen LogP contribution is -2.25. The number of sulfonamides is 1. The van der Waals surface area contributed by atoms with E-state index in [0.29, 0.717) is 11.4 Å². The van der Waals surface area contributed by atoms with Gasteiger partial charge in [-0.05, 0) is 36.1 Å². The second kappa shape index (κ2) is 8.49. The summed E-state index contributed by atoms with van der Waals surface area (Å²) in [6.07, 6.45) is 4.55. The van der Waals surface area contributed by atoms with Crippen LogP contribution in [0.2, 0.25) is 0 Å². The fourth-order valence-electron chi connectivity index (χ4n) is 2.70. The van der Waals surface area contributed by atoms with Crippen LogP contribution in [0.15, 0.2) is 66.0 Å². The van der Waals surface area contributed by atoms with Crippen LogP contribution in [0, 0.1) is 0 Å². The lowest BCUT2D eigenvalue weighted by Gasteiger charge is -2.12. The van der Waals surface area contributed by atoms with Crippen molar-refractivity contribution in [2.75, 3.05) is 17.2 Å². The summed E-state index contributed by atoms with van der Waals surface area (Å²) in [5.41, 5.74) is 2.51. The first-order valence-electron chi connectivity index (χ1n) is 8.39. The largest absolute Gasteiger partial charge is 0.347 e. The molecule has 0 aliphatic heterocycles. The van der Waals surface area contributed by atoms with Crippen molar-refractivity contribution in [1.82, 2.24) is 14.9 Å². The predicted molar refractivity (Wildman–Crippen MR) is 111 cm³/mol. The quantitative estimate of drug-likeness (QED) is 0.578. The smallest absolute Gasteiger partial charge is 0.270 e. The lowest BCUT2D eigenvalue weighted by molar-refractivity contribution is 0.0943. The molecule has 1 amide bonds. The molecule has 2 aromatic carbocycles. The van der Waals surface area contributed by atoms with E-state index in [9.17, 15) is 13.2 Å². The zero-order chi connectivity index (χ0) is 20.1. The highest BCUT2D eigenvalue weighted by Gasteiger charge is 2.17. The number of rotatable bonds is 7. The van der Waals surface area contributed by atoms with Gasteiger partial charge in [-0.2, -0.15) is 0 Å². The van der Waals surface area contributed by atoms with Crippen LogP contribution < -0.4 is 10.0 Å². The molecule has 3 rings (SSSR count). The molecule has 0 saturated heterocycles. The number of imidazole rings is 1. The number of nitrogens with one attached hydrogen (secondary N) is 2. The zero-order valence-corrected chi connectivity index (χ0v) is 17.0. The van der Waals surface area contributed by atoms with Crippen LogP contribution in [0.1, 0.15) is 16.1 Å². The predicted octanol–water partition coefficient (Wildman–Crippen LogP) is 2.90. The molecule has 0 atom stereocenters. The first-order chi connectivity index (χ1) is 13.4. The molecule has 0 spiro atoms. The van der Waals surface area contributed by atoms with Gasteiger partial charge < -0.3 is 5.32 Å². The Labute approximate surface area is 168 Å². The van der Waals surface area contributed by atoms with E-state index < -0.39 is 10.0 Å². The maximum absolute atomic E-state index is 12.8. The number of aromatic nitrogens is 2. The van der Waals surface area contributed by atoms with Crippen molar-refractivity contribution in [3.8, 4) is 5.69 Å². The lowest BCUT2D eigenvalue weighted by atomic mass is 10.2. The van der Waals surface area contributed by atoms with E-state index in [1.165, 1.54) is 11.8 Å². The van der Waals surface area contributed by atoms with Crippen LogP contribution in [0.5, 0.6) is 0 Å². The number of hydrogen-bond donors (Lipinski definition) is 2. The molecule has 2 N–H and O–H groups in total. The number of nitrogens with zero attached hydrogens (tertiary/aromatic N) is 2. The molecule has 7 nitrogen and oxygen atoms in total. The van der Waals surface area contributed by atoms with Crippen molar-refractivity contribution < 1.29 is 13.2 Å². The van der Waals surface area contributed by atoms with Crippen LogP contribution >= 0.6 is 11.8 Å². The molecular formula is C19H20N4O3S2. The highest BCUT2D eigenvalue weighted by molar-refractivity contribution is 7.98. The summed E-state index contributed by atoms with van der Waals surface area (Å²) in [6.45, 7) is 0.257. The van der Waals surface area contributed by atoms with Gasteiger partial charge in [0.15, 0.2) is 5.16 Å². The van der Waals surface area contributed by atoms with E-state index in [1.54, 1.807) is 24.4 Å². The maximum atomic E-state index is 12.8. The van der Waals surface area contributed by atoms with E-state index in [4.69, 9.17) is 0 Å². The van der Waals surface area contributed by atoms with Gasteiger partial charge in [-0.15, -0.1) is 0 Å². The first kappa shape index (κ1) is 20.0. The maximum Gasteiger partial charge on any atom is 0.270 e. The standard InChI is InChI=1S/C19H20N4O3S2/c1-27-19-21-13-17(23(19)16-9-4-3-5-10-16)18(24)20-12-14-7-6-8-15(11-14)22-28(2,25)26/h3-11,13,22H,12H2,1-2H3,(H,20,24). The number of carbonyl (C=O) groups is 1. The number of carbonyl (C=O) groups excluding carboxylic acids is 1. The number of para-hydroxylation sites is 1. The van der Waals surface area contributed by atoms with Crippen molar-refractivity contribution >= 4 is 33.4 Å². The van der Waals surface area contributed by atoms with Crippen molar-refractivity contribution in [2.24, 2.45) is 0 Å². The van der Waals surface area contributed by atoms with Gasteiger partial charge in [0.05, 0.1) is 12.5 Å². The minimum absolute atomic E-state index is 0.257. The summed E-state index contributed by atoms with van der Waals surface area (Å²) >= 11 is 1.46. The number of amides is 1. The Kier molecular flexibility index (Phi) is 6.05. The number of benzene rings is 2. The highest BCUT2D eigenvalue weighted by atomic mass is 32.2. The van der Waals surface area contributed by atoms with Crippen molar-refractivity contribution in [1.29, 1.82) is 0 Å². The summed E-state index contributed by atoms with van der Waals surface area (Å²) in [6, 6.07) is 16.4. The van der Waals surface area contributed by atoms with Crippen LogP contribution in [0.3, 0.4) is 0 Å². The molecule has 0 unspecified atom stereocenters. The summed E-state index contributed by atoms with van der Waals surface area (Å²) in [5, 5.41) is 3.58. The number of thioether (sulfide) groups is 1. The van der Waals surface area contributed by atoms with Crippen LogP contribution in [-0.4, -0.2) is 36.4 Å². The molecule has 1 aromatic heterocycles. The zero-order valence-electron chi connectivity index (χ0n) is 15.4. The number of hydrogen-bond acceptors (Lipinski definition) is 5. The highest BCUT2D eigenvalue weighted by Crippen LogP contribution is 2.21. The van der Waals surface area contributed by atoms with Crippen molar-refractivity contribution in [3.05, 3.63) is 72.1 Å². The van der Waals surface area contributed by atoms with E-state index in [-0.39, 0.29) is 12.5 Å². The van der Waals surface area contributed by atoms with Gasteiger partial charge >= 0.3 is 0 Å². The summed E-state index contributed by atoms with van der Waals surface area (Å²) < 4.78 is 27.0. The van der Waals surface area contributed by atoms with Gasteiger partial charge in [-0.3, -0.25) is 14.1 Å². The average molecular weight is 417 g/mol. The fourth-order valence-corrected chi connectivity index (χ4v) is 3.80. The van der Waals surface area contributed by atoms with Crippen molar-refractivity contribution in [3.63, 3.8) is 0 Å². The van der Waals surface area contributed by atoms with Crippen LogP contribution in [0.4, 0.5) is 5.69 Å². The van der Waals surface area contributed by atoms with Gasteiger partial charge in [0.1, 0.15) is 5.69 Å². The second-order valence-electron chi connectivity index (χ2n) is 6.06. The molecular weight excluding hydrogens is 396 g/mol. The fraction of sp³-hybridized carbons (Fsp3) is 0.158. The molecule has 0 saturated carbocycles. The molecule has 9 heteroatoms. The Morgan fingerprint density at radius 1 is 1.14 bits per heavy atom. The topological polar surface area (TPSA) is 93.1 Å². The Bertz CT molecular complexity index is 1080. The molecule has 0 fully saturated rings. The Morgan fingerprint density at radius 3 is 2.57 bits per heavy atom. The van der Waals surface area contributed by atoms with E-state index in [2.05, 4.69) is 15.0 Å². The van der Waals surface area contributed by atoms with Crippen LogP contribution in [0.25, 0.3) is 5.69 Å². The minimum atomic E-state index is -3.36. The third-order valence-corrected chi connectivity index (χ3v) is 5.10. The molecule has 0 radical (unpaired) electrons. The molecule has 0 aliphatic rings. The molecule has 0 bridgehead atoms. The average Bonchev–Trinajstić information content (AvgIpc) is 3.10. The van der Waals surface area contributed by atoms with Gasteiger partial charge in [-0.1, -0.05) is 42.1 Å². The van der Waals surface area contributed by atoms with Gasteiger partial charge in [0, 0.05) is 17.9 Å². The Morgan fingerprint density at radius 2 is 1.89 bits per heavy atom. The molecule has 3 aromatic rings. The van der Waals surface area contributed by atoms with Gasteiger partial charge in [-0.25, -0.2) is 13.4 Å². The van der Waals surface area contributed by atoms with Crippen molar-refractivity contribution in [2.45, 2.75) is 11.7 Å². The Balaban J connectivity index is 1.78. The van der Waals surface area contributed by atoms with E-state index >= 15 is 0 Å². The molecule has 28 heavy (non-hydrogen) atoms. The van der Waals surface area contributed by atoms with Gasteiger partial charge in [0.2, 0.25) is 10.0 Å². The van der Waals surface area contributed by atoms with Crippen LogP contribution in [-0.2, 0) is 16.6 Å². The molecule has 146 valence electrons. The second-order valence-corrected chi connectivity index (χ2v) is 8.58. The van der Waals surface area contributed by atoms with E-state index in [0.717, 1.165) is 22.7 Å². The summed E-state index contributed by atoms with van der Waals surface area (Å²) in [7, 11) is -3.36. The molecule has 1 heterocycles. The monoisotopic (exact) mass is 416 g/mol. The number of anilines is 1. The summed E-state index contributed by atoms with van der Waals surface area (Å²) in [5.74, 6) is -0.266. The molecule has 0 aliphatic carbocycles. The SMILES string of the molecule is CSc1ncc(C(=O)NCc2cccc(NS(C)(=O)=O)c2)n1-c1ccccc1. The Hall–Kier alpha value is -2.78. The summed E-state index contributed by atoms with van der Waals surface area (Å²) in [4.78, 5) is 17.1. The third-order valence-electron chi connectivity index (χ3n) is 3.84.